The minimum absolute atomic E-state index is 0.279. The number of benzene rings is 2. The third-order valence-corrected chi connectivity index (χ3v) is 3.52. The molecular weight excluding hydrogens is 278 g/mol. The number of carbonyl (C=O) groups is 1. The molecule has 4 heteroatoms. The molecule has 4 nitrogen and oxygen atoms in total. The van der Waals surface area contributed by atoms with Crippen molar-refractivity contribution in [1.29, 1.82) is 0 Å². The number of hydrogen-bond donors (Lipinski definition) is 1. The van der Waals surface area contributed by atoms with Crippen molar-refractivity contribution in [2.75, 3.05) is 14.2 Å². The van der Waals surface area contributed by atoms with Crippen LogP contribution in [0.5, 0.6) is 0 Å². The van der Waals surface area contributed by atoms with Gasteiger partial charge in [-0.3, -0.25) is 0 Å². The number of nitrogens with one attached hydrogen (secondary N) is 1. The Morgan fingerprint density at radius 3 is 2.14 bits per heavy atom. The molecule has 0 unspecified atom stereocenters. The molecule has 2 atom stereocenters. The fourth-order valence-electron chi connectivity index (χ4n) is 2.37. The highest BCUT2D eigenvalue weighted by Gasteiger charge is 2.30. The quantitative estimate of drug-likeness (QED) is 0.799. The first-order valence-corrected chi connectivity index (χ1v) is 7.19. The maximum absolute atomic E-state index is 12.0. The molecule has 0 aliphatic carbocycles. The van der Waals surface area contributed by atoms with Gasteiger partial charge in [-0.05, 0) is 11.1 Å². The van der Waals surface area contributed by atoms with E-state index in [9.17, 15) is 4.79 Å². The standard InChI is InChI=1S/C18H21NO3/c1-21-17(18(20)22-2)16(15-11-7-4-8-12-15)19-13-14-9-5-3-6-10-14/h3-12,16-17,19H,13H2,1-2H3/t16-,17-/m0/s1. The van der Waals surface area contributed by atoms with E-state index in [1.807, 2.05) is 60.7 Å². The van der Waals surface area contributed by atoms with E-state index >= 15 is 0 Å². The molecule has 0 heterocycles. The van der Waals surface area contributed by atoms with Gasteiger partial charge in [-0.15, -0.1) is 0 Å². The highest BCUT2D eigenvalue weighted by molar-refractivity contribution is 5.75. The van der Waals surface area contributed by atoms with E-state index in [-0.39, 0.29) is 6.04 Å². The average Bonchev–Trinajstić information content (AvgIpc) is 2.59. The van der Waals surface area contributed by atoms with Gasteiger partial charge >= 0.3 is 5.97 Å². The molecule has 22 heavy (non-hydrogen) atoms. The second kappa shape index (κ2) is 8.32. The number of hydrogen-bond acceptors (Lipinski definition) is 4. The number of ether oxygens (including phenoxy) is 2. The lowest BCUT2D eigenvalue weighted by Crippen LogP contribution is -2.39. The summed E-state index contributed by atoms with van der Waals surface area (Å²) >= 11 is 0. The molecule has 2 rings (SSSR count). The van der Waals surface area contributed by atoms with Crippen LogP contribution in [0.2, 0.25) is 0 Å². The third-order valence-electron chi connectivity index (χ3n) is 3.52. The van der Waals surface area contributed by atoms with Crippen molar-refractivity contribution in [2.24, 2.45) is 0 Å². The molecule has 0 aliphatic heterocycles. The van der Waals surface area contributed by atoms with E-state index in [1.165, 1.54) is 14.2 Å². The first-order valence-electron chi connectivity index (χ1n) is 7.19. The number of methoxy groups -OCH3 is 2. The molecule has 0 amide bonds. The Morgan fingerprint density at radius 2 is 1.59 bits per heavy atom. The molecule has 0 saturated carbocycles. The highest BCUT2D eigenvalue weighted by Crippen LogP contribution is 2.20. The average molecular weight is 299 g/mol. The zero-order valence-corrected chi connectivity index (χ0v) is 12.9. The molecule has 0 bridgehead atoms. The van der Waals surface area contributed by atoms with Crippen LogP contribution in [-0.2, 0) is 20.8 Å². The van der Waals surface area contributed by atoms with Gasteiger partial charge in [0.2, 0.25) is 0 Å². The molecule has 1 N–H and O–H groups in total. The van der Waals surface area contributed by atoms with Gasteiger partial charge in [-0.25, -0.2) is 4.79 Å². The smallest absolute Gasteiger partial charge is 0.336 e. The molecule has 0 saturated heterocycles. The summed E-state index contributed by atoms with van der Waals surface area (Å²) in [6.45, 7) is 0.636. The predicted octanol–water partition coefficient (Wildman–Crippen LogP) is 2.71. The highest BCUT2D eigenvalue weighted by atomic mass is 16.6. The third kappa shape index (κ3) is 4.16. The summed E-state index contributed by atoms with van der Waals surface area (Å²) < 4.78 is 10.2. The van der Waals surface area contributed by atoms with Gasteiger partial charge in [0, 0.05) is 13.7 Å². The van der Waals surface area contributed by atoms with Crippen LogP contribution in [0.1, 0.15) is 17.2 Å². The van der Waals surface area contributed by atoms with Crippen molar-refractivity contribution in [3.63, 3.8) is 0 Å². The van der Waals surface area contributed by atoms with Crippen molar-refractivity contribution < 1.29 is 14.3 Å². The van der Waals surface area contributed by atoms with Crippen LogP contribution >= 0.6 is 0 Å². The molecule has 0 aromatic heterocycles. The van der Waals surface area contributed by atoms with Crippen LogP contribution < -0.4 is 5.32 Å². The molecular formula is C18H21NO3. The van der Waals surface area contributed by atoms with E-state index in [0.29, 0.717) is 6.54 Å². The van der Waals surface area contributed by atoms with Crippen LogP contribution in [-0.4, -0.2) is 26.3 Å². The van der Waals surface area contributed by atoms with Crippen molar-refractivity contribution >= 4 is 5.97 Å². The Labute approximate surface area is 131 Å². The molecule has 0 spiro atoms. The first-order chi connectivity index (χ1) is 10.8. The van der Waals surface area contributed by atoms with Crippen LogP contribution in [0.4, 0.5) is 0 Å². The van der Waals surface area contributed by atoms with Crippen molar-refractivity contribution in [3.8, 4) is 0 Å². The zero-order chi connectivity index (χ0) is 15.8. The Balaban J connectivity index is 2.19. The first kappa shape index (κ1) is 16.2. The Kier molecular flexibility index (Phi) is 6.13. The molecule has 116 valence electrons. The molecule has 0 radical (unpaired) electrons. The number of carbonyl (C=O) groups excluding carboxylic acids is 1. The predicted molar refractivity (Wildman–Crippen MR) is 85.3 cm³/mol. The monoisotopic (exact) mass is 299 g/mol. The summed E-state index contributed by atoms with van der Waals surface area (Å²) in [6, 6.07) is 19.5. The topological polar surface area (TPSA) is 47.6 Å². The summed E-state index contributed by atoms with van der Waals surface area (Å²) in [6.07, 6.45) is -0.698. The van der Waals surface area contributed by atoms with Crippen molar-refractivity contribution in [2.45, 2.75) is 18.7 Å². The summed E-state index contributed by atoms with van der Waals surface area (Å²) in [5.74, 6) is -0.392. The van der Waals surface area contributed by atoms with E-state index < -0.39 is 12.1 Å². The van der Waals surface area contributed by atoms with E-state index in [2.05, 4.69) is 5.32 Å². The normalized spacial score (nSPS) is 13.4. The molecule has 2 aromatic rings. The molecule has 2 aromatic carbocycles. The maximum Gasteiger partial charge on any atom is 0.336 e. The van der Waals surface area contributed by atoms with Crippen LogP contribution in [0, 0.1) is 0 Å². The lowest BCUT2D eigenvalue weighted by atomic mass is 10.0. The Morgan fingerprint density at radius 1 is 1.00 bits per heavy atom. The van der Waals surface area contributed by atoms with Crippen LogP contribution in [0.25, 0.3) is 0 Å². The maximum atomic E-state index is 12.0. The van der Waals surface area contributed by atoms with Gasteiger partial charge in [0.1, 0.15) is 0 Å². The summed E-state index contributed by atoms with van der Waals surface area (Å²) in [7, 11) is 2.88. The lowest BCUT2D eigenvalue weighted by molar-refractivity contribution is -0.154. The fourth-order valence-corrected chi connectivity index (χ4v) is 2.37. The second-order valence-corrected chi connectivity index (χ2v) is 4.93. The van der Waals surface area contributed by atoms with E-state index in [1.54, 1.807) is 0 Å². The van der Waals surface area contributed by atoms with Gasteiger partial charge in [0.05, 0.1) is 13.2 Å². The number of esters is 1. The van der Waals surface area contributed by atoms with E-state index in [0.717, 1.165) is 11.1 Å². The van der Waals surface area contributed by atoms with Gasteiger partial charge in [0.25, 0.3) is 0 Å². The van der Waals surface area contributed by atoms with E-state index in [4.69, 9.17) is 9.47 Å². The summed E-state index contributed by atoms with van der Waals surface area (Å²) in [5.41, 5.74) is 2.12. The summed E-state index contributed by atoms with van der Waals surface area (Å²) in [4.78, 5) is 12.0. The van der Waals surface area contributed by atoms with Gasteiger partial charge in [-0.2, -0.15) is 0 Å². The number of rotatable bonds is 7. The molecule has 0 fully saturated rings. The van der Waals surface area contributed by atoms with Crippen molar-refractivity contribution in [3.05, 3.63) is 71.8 Å². The van der Waals surface area contributed by atoms with Gasteiger partial charge < -0.3 is 14.8 Å². The Bertz CT molecular complexity index is 571. The minimum atomic E-state index is -0.698. The summed E-state index contributed by atoms with van der Waals surface area (Å²) in [5, 5.41) is 3.39. The van der Waals surface area contributed by atoms with Gasteiger partial charge in [-0.1, -0.05) is 60.7 Å². The minimum Gasteiger partial charge on any atom is -0.467 e. The van der Waals surface area contributed by atoms with Crippen LogP contribution in [0.15, 0.2) is 60.7 Å². The fraction of sp³-hybridized carbons (Fsp3) is 0.278. The largest absolute Gasteiger partial charge is 0.467 e. The Hall–Kier alpha value is -2.17. The van der Waals surface area contributed by atoms with Crippen LogP contribution in [0.3, 0.4) is 0 Å². The SMILES string of the molecule is COC(=O)[C@@H](OC)[C@@H](NCc1ccccc1)c1ccccc1. The zero-order valence-electron chi connectivity index (χ0n) is 12.9. The van der Waals surface area contributed by atoms with Gasteiger partial charge in [0.15, 0.2) is 6.10 Å². The van der Waals surface area contributed by atoms with Crippen molar-refractivity contribution in [1.82, 2.24) is 5.32 Å². The molecule has 0 aliphatic rings. The lowest BCUT2D eigenvalue weighted by Gasteiger charge is -2.25. The second-order valence-electron chi connectivity index (χ2n) is 4.93.